The molecule has 13 heavy (non-hydrogen) atoms. The number of halogens is 2. The maximum Gasteiger partial charge on any atom is 0.147 e. The van der Waals surface area contributed by atoms with Crippen LogP contribution in [0.1, 0.15) is 5.56 Å². The van der Waals surface area contributed by atoms with Gasteiger partial charge in [0.05, 0.1) is 10.7 Å². The summed E-state index contributed by atoms with van der Waals surface area (Å²) in [5, 5.41) is 0.487. The molecule has 0 N–H and O–H groups in total. The topological polar surface area (TPSA) is 12.4 Å². The minimum Gasteiger partial charge on any atom is -0.235 e. The van der Waals surface area contributed by atoms with Gasteiger partial charge in [0.1, 0.15) is 5.17 Å². The summed E-state index contributed by atoms with van der Waals surface area (Å²) >= 11 is 11.3. The van der Waals surface area contributed by atoms with Gasteiger partial charge in [-0.2, -0.15) is 0 Å². The molecule has 0 atom stereocenters. The van der Waals surface area contributed by atoms with Crippen molar-refractivity contribution in [2.45, 2.75) is 6.92 Å². The summed E-state index contributed by atoms with van der Waals surface area (Å²) < 4.78 is 0. The quantitative estimate of drug-likeness (QED) is 0.659. The number of hydrogen-bond acceptors (Lipinski definition) is 1. The molecule has 0 aliphatic rings. The van der Waals surface area contributed by atoms with Gasteiger partial charge in [0.15, 0.2) is 0 Å². The van der Waals surface area contributed by atoms with Gasteiger partial charge < -0.3 is 0 Å². The summed E-state index contributed by atoms with van der Waals surface area (Å²) in [4.78, 5) is 4.11. The van der Waals surface area contributed by atoms with E-state index >= 15 is 0 Å². The SMILES string of the molecule is C=C(Cl)C(Cl)=Nc1ccccc1C. The Balaban J connectivity index is 3.04. The fraction of sp³-hybridized carbons (Fsp3) is 0.100. The molecule has 0 bridgehead atoms. The van der Waals surface area contributed by atoms with E-state index in [0.717, 1.165) is 11.3 Å². The molecule has 0 spiro atoms. The first-order chi connectivity index (χ1) is 6.11. The highest BCUT2D eigenvalue weighted by atomic mass is 35.5. The fourth-order valence-corrected chi connectivity index (χ4v) is 0.989. The minimum atomic E-state index is 0.232. The van der Waals surface area contributed by atoms with Gasteiger partial charge >= 0.3 is 0 Å². The smallest absolute Gasteiger partial charge is 0.147 e. The van der Waals surface area contributed by atoms with Crippen LogP contribution in [0.4, 0.5) is 5.69 Å². The molecule has 1 nitrogen and oxygen atoms in total. The van der Waals surface area contributed by atoms with Crippen LogP contribution >= 0.6 is 23.2 Å². The van der Waals surface area contributed by atoms with Crippen molar-refractivity contribution in [3.8, 4) is 0 Å². The molecule has 0 fully saturated rings. The van der Waals surface area contributed by atoms with E-state index in [4.69, 9.17) is 23.2 Å². The van der Waals surface area contributed by atoms with Crippen LogP contribution in [-0.2, 0) is 0 Å². The largest absolute Gasteiger partial charge is 0.235 e. The molecule has 0 radical (unpaired) electrons. The van der Waals surface area contributed by atoms with Crippen LogP contribution in [0.3, 0.4) is 0 Å². The third-order valence-corrected chi connectivity index (χ3v) is 2.15. The molecule has 1 aromatic carbocycles. The van der Waals surface area contributed by atoms with Crippen molar-refractivity contribution in [1.82, 2.24) is 0 Å². The maximum absolute atomic E-state index is 5.74. The van der Waals surface area contributed by atoms with Crippen molar-refractivity contribution < 1.29 is 0 Å². The van der Waals surface area contributed by atoms with Crippen LogP contribution in [0.2, 0.25) is 0 Å². The van der Waals surface area contributed by atoms with Crippen molar-refractivity contribution >= 4 is 34.1 Å². The van der Waals surface area contributed by atoms with Gasteiger partial charge in [0.25, 0.3) is 0 Å². The Bertz CT molecular complexity index is 356. The number of aliphatic imine (C=N–C) groups is 1. The van der Waals surface area contributed by atoms with E-state index in [1.54, 1.807) is 0 Å². The summed E-state index contributed by atoms with van der Waals surface area (Å²) in [5.41, 5.74) is 1.87. The van der Waals surface area contributed by atoms with Crippen molar-refractivity contribution in [2.24, 2.45) is 4.99 Å². The van der Waals surface area contributed by atoms with Crippen LogP contribution in [0.15, 0.2) is 40.9 Å². The molecule has 1 rings (SSSR count). The van der Waals surface area contributed by atoms with E-state index in [-0.39, 0.29) is 10.2 Å². The molecule has 0 aliphatic heterocycles. The molecular weight excluding hydrogens is 205 g/mol. The van der Waals surface area contributed by atoms with Crippen LogP contribution < -0.4 is 0 Å². The molecule has 0 aromatic heterocycles. The number of allylic oxidation sites excluding steroid dienone is 1. The summed E-state index contributed by atoms with van der Waals surface area (Å²) in [5.74, 6) is 0. The zero-order valence-electron chi connectivity index (χ0n) is 7.22. The van der Waals surface area contributed by atoms with Crippen LogP contribution in [0.5, 0.6) is 0 Å². The van der Waals surface area contributed by atoms with Crippen molar-refractivity contribution in [3.05, 3.63) is 41.4 Å². The van der Waals surface area contributed by atoms with Gasteiger partial charge in [0.2, 0.25) is 0 Å². The second-order valence-corrected chi connectivity index (χ2v) is 3.41. The third kappa shape index (κ3) is 2.87. The molecule has 0 aliphatic carbocycles. The highest BCUT2D eigenvalue weighted by Gasteiger charge is 1.99. The number of benzene rings is 1. The molecule has 0 amide bonds. The van der Waals surface area contributed by atoms with Crippen molar-refractivity contribution in [3.63, 3.8) is 0 Å². The van der Waals surface area contributed by atoms with E-state index in [1.165, 1.54) is 0 Å². The summed E-state index contributed by atoms with van der Waals surface area (Å²) in [6.45, 7) is 5.44. The lowest BCUT2D eigenvalue weighted by atomic mass is 10.2. The lowest BCUT2D eigenvalue weighted by Crippen LogP contribution is -1.84. The predicted molar refractivity (Wildman–Crippen MR) is 59.1 cm³/mol. The van der Waals surface area contributed by atoms with Crippen molar-refractivity contribution in [2.75, 3.05) is 0 Å². The Morgan fingerprint density at radius 3 is 2.46 bits per heavy atom. The number of rotatable bonds is 2. The van der Waals surface area contributed by atoms with E-state index in [0.29, 0.717) is 0 Å². The zero-order valence-corrected chi connectivity index (χ0v) is 8.73. The predicted octanol–water partition coefficient (Wildman–Crippen LogP) is 4.02. The molecular formula is C10H9Cl2N. The van der Waals surface area contributed by atoms with E-state index in [9.17, 15) is 0 Å². The molecule has 0 saturated heterocycles. The monoisotopic (exact) mass is 213 g/mol. The molecule has 0 heterocycles. The Kier molecular flexibility index (Phi) is 3.52. The second-order valence-electron chi connectivity index (χ2n) is 2.59. The van der Waals surface area contributed by atoms with Gasteiger partial charge in [-0.1, -0.05) is 48.0 Å². The first-order valence-electron chi connectivity index (χ1n) is 3.76. The summed E-state index contributed by atoms with van der Waals surface area (Å²) in [7, 11) is 0. The number of hydrogen-bond donors (Lipinski definition) is 0. The number of para-hydroxylation sites is 1. The van der Waals surface area contributed by atoms with Crippen LogP contribution in [-0.4, -0.2) is 5.17 Å². The average Bonchev–Trinajstić information content (AvgIpc) is 2.08. The Morgan fingerprint density at radius 1 is 1.31 bits per heavy atom. The van der Waals surface area contributed by atoms with E-state index in [2.05, 4.69) is 11.6 Å². The van der Waals surface area contributed by atoms with Crippen molar-refractivity contribution in [1.29, 1.82) is 0 Å². The number of nitrogens with zero attached hydrogens (tertiary/aromatic N) is 1. The average molecular weight is 214 g/mol. The van der Waals surface area contributed by atoms with E-state index in [1.807, 2.05) is 31.2 Å². The van der Waals surface area contributed by atoms with Crippen LogP contribution in [0.25, 0.3) is 0 Å². The highest BCUT2D eigenvalue weighted by Crippen LogP contribution is 2.20. The molecule has 1 aromatic rings. The molecule has 3 heteroatoms. The Morgan fingerprint density at radius 2 is 1.92 bits per heavy atom. The first kappa shape index (κ1) is 10.3. The van der Waals surface area contributed by atoms with Gasteiger partial charge in [-0.05, 0) is 18.6 Å². The van der Waals surface area contributed by atoms with Gasteiger partial charge in [-0.25, -0.2) is 4.99 Å². The Labute approximate surface area is 87.7 Å². The first-order valence-corrected chi connectivity index (χ1v) is 4.51. The Hall–Kier alpha value is -0.790. The molecule has 0 saturated carbocycles. The second kappa shape index (κ2) is 4.45. The van der Waals surface area contributed by atoms with Gasteiger partial charge in [-0.15, -0.1) is 0 Å². The molecule has 68 valence electrons. The summed E-state index contributed by atoms with van der Waals surface area (Å²) in [6, 6.07) is 7.67. The standard InChI is InChI=1S/C10H9Cl2N/c1-7-5-3-4-6-9(7)13-10(12)8(2)11/h3-6H,2H2,1H3. The minimum absolute atomic E-state index is 0.232. The number of aryl methyl sites for hydroxylation is 1. The highest BCUT2D eigenvalue weighted by molar-refractivity contribution is 6.76. The lowest BCUT2D eigenvalue weighted by Gasteiger charge is -1.99. The maximum atomic E-state index is 5.74. The summed E-state index contributed by atoms with van der Waals surface area (Å²) in [6.07, 6.45) is 0. The van der Waals surface area contributed by atoms with E-state index < -0.39 is 0 Å². The van der Waals surface area contributed by atoms with Crippen LogP contribution in [0, 0.1) is 6.92 Å². The third-order valence-electron chi connectivity index (χ3n) is 1.56. The zero-order chi connectivity index (χ0) is 9.84. The normalized spacial score (nSPS) is 11.5. The van der Waals surface area contributed by atoms with Gasteiger partial charge in [0, 0.05) is 0 Å². The lowest BCUT2D eigenvalue weighted by molar-refractivity contribution is 1.40. The molecule has 0 unspecified atom stereocenters. The fourth-order valence-electron chi connectivity index (χ4n) is 0.855. The van der Waals surface area contributed by atoms with Gasteiger partial charge in [-0.3, -0.25) is 0 Å².